The van der Waals surface area contributed by atoms with Gasteiger partial charge in [0.1, 0.15) is 0 Å². The summed E-state index contributed by atoms with van der Waals surface area (Å²) in [7, 11) is -3.64. The number of nitrogens with zero attached hydrogens (tertiary/aromatic N) is 1. The maximum atomic E-state index is 13.2. The minimum atomic E-state index is -3.64. The fraction of sp³-hybridized carbons (Fsp3) is 0.172. The largest absolute Gasteiger partial charge is 0.287 e. The van der Waals surface area contributed by atoms with Crippen molar-refractivity contribution in [3.05, 3.63) is 138 Å². The number of sulfone groups is 1. The van der Waals surface area contributed by atoms with Crippen LogP contribution in [0.15, 0.2) is 132 Å². The first-order chi connectivity index (χ1) is 15.9. The molecule has 0 aromatic heterocycles. The van der Waals surface area contributed by atoms with Gasteiger partial charge in [-0.15, -0.1) is 0 Å². The maximum absolute atomic E-state index is 13.2. The molecule has 0 bridgehead atoms. The Morgan fingerprint density at radius 3 is 1.91 bits per heavy atom. The van der Waals surface area contributed by atoms with E-state index in [1.807, 2.05) is 55.5 Å². The molecule has 3 rings (SSSR count). The molecule has 0 N–H and O–H groups in total. The lowest BCUT2D eigenvalue weighted by Crippen LogP contribution is -2.37. The van der Waals surface area contributed by atoms with E-state index in [1.54, 1.807) is 24.3 Å². The molecule has 1 atom stereocenters. The van der Waals surface area contributed by atoms with Crippen molar-refractivity contribution in [2.24, 2.45) is 0 Å². The zero-order chi connectivity index (χ0) is 23.7. The summed E-state index contributed by atoms with van der Waals surface area (Å²) >= 11 is 0. The number of allylic oxidation sites excluding steroid dienone is 2. The Morgan fingerprint density at radius 1 is 0.848 bits per heavy atom. The van der Waals surface area contributed by atoms with Crippen molar-refractivity contribution in [3.63, 3.8) is 0 Å². The predicted octanol–water partition coefficient (Wildman–Crippen LogP) is 6.22. The zero-order valence-electron chi connectivity index (χ0n) is 19.1. The highest BCUT2D eigenvalue weighted by atomic mass is 32.2. The molecule has 0 saturated heterocycles. The Kier molecular flexibility index (Phi) is 8.58. The molecule has 0 fully saturated rings. The lowest BCUT2D eigenvalue weighted by atomic mass is 10.0. The molecule has 0 amide bonds. The Hall–Kier alpha value is -3.21. The number of benzene rings is 3. The average Bonchev–Trinajstić information content (AvgIpc) is 2.83. The zero-order valence-corrected chi connectivity index (χ0v) is 19.9. The van der Waals surface area contributed by atoms with Gasteiger partial charge in [-0.2, -0.15) is 0 Å². The Labute approximate surface area is 198 Å². The topological polar surface area (TPSA) is 37.4 Å². The molecule has 0 aliphatic carbocycles. The van der Waals surface area contributed by atoms with Crippen molar-refractivity contribution < 1.29 is 8.42 Å². The van der Waals surface area contributed by atoms with Crippen LogP contribution < -0.4 is 0 Å². The summed E-state index contributed by atoms with van der Waals surface area (Å²) < 4.78 is 26.4. The van der Waals surface area contributed by atoms with Crippen molar-refractivity contribution in [1.29, 1.82) is 0 Å². The van der Waals surface area contributed by atoms with Gasteiger partial charge in [-0.1, -0.05) is 110 Å². The molecule has 33 heavy (non-hydrogen) atoms. The van der Waals surface area contributed by atoms with E-state index in [0.29, 0.717) is 6.54 Å². The van der Waals surface area contributed by atoms with Gasteiger partial charge in [0.2, 0.25) is 9.84 Å². The first kappa shape index (κ1) is 24.4. The molecular weight excluding hydrogens is 426 g/mol. The molecule has 0 saturated carbocycles. The van der Waals surface area contributed by atoms with Gasteiger partial charge < -0.3 is 0 Å². The number of hydrogen-bond acceptors (Lipinski definition) is 3. The van der Waals surface area contributed by atoms with E-state index in [0.717, 1.165) is 17.6 Å². The monoisotopic (exact) mass is 457 g/mol. The molecule has 3 nitrogen and oxygen atoms in total. The molecule has 0 heterocycles. The van der Waals surface area contributed by atoms with Crippen LogP contribution in [-0.4, -0.2) is 25.9 Å². The van der Waals surface area contributed by atoms with Crippen molar-refractivity contribution in [2.45, 2.75) is 30.8 Å². The Morgan fingerprint density at radius 2 is 1.36 bits per heavy atom. The predicted molar refractivity (Wildman–Crippen MR) is 138 cm³/mol. The summed E-state index contributed by atoms with van der Waals surface area (Å²) in [5.41, 5.74) is 3.25. The fourth-order valence-electron chi connectivity index (χ4n) is 3.64. The standard InChI is InChI=1S/C29H31NO2S/c1-24(2)19-20-28(21-26-13-7-4-8-14-26)30(23-27-15-9-5-10-16-27)22-25(3)33(31,32)29-17-11-6-12-18-29/h4-20,28H,1,3,21-23H2,2H3/b20-19-/t28-/m0/s1. The van der Waals surface area contributed by atoms with Gasteiger partial charge in [0, 0.05) is 19.1 Å². The quantitative estimate of drug-likeness (QED) is 0.321. The van der Waals surface area contributed by atoms with Gasteiger partial charge in [0.15, 0.2) is 0 Å². The summed E-state index contributed by atoms with van der Waals surface area (Å²) in [4.78, 5) is 2.63. The minimum absolute atomic E-state index is 0.0352. The molecule has 0 radical (unpaired) electrons. The SMILES string of the molecule is C=C(C)/C=C\[C@@H](Cc1ccccc1)N(CC(=C)S(=O)(=O)c1ccccc1)Cc1ccccc1. The third-order valence-corrected chi connectivity index (χ3v) is 7.18. The van der Waals surface area contributed by atoms with Crippen molar-refractivity contribution in [2.75, 3.05) is 6.54 Å². The van der Waals surface area contributed by atoms with E-state index in [4.69, 9.17) is 0 Å². The van der Waals surface area contributed by atoms with Gasteiger partial charge >= 0.3 is 0 Å². The third kappa shape index (κ3) is 7.14. The average molecular weight is 458 g/mol. The van der Waals surface area contributed by atoms with Gasteiger partial charge in [0.25, 0.3) is 0 Å². The van der Waals surface area contributed by atoms with E-state index in [-0.39, 0.29) is 22.4 Å². The van der Waals surface area contributed by atoms with Gasteiger partial charge in [-0.05, 0) is 36.6 Å². The van der Waals surface area contributed by atoms with Gasteiger partial charge in [0.05, 0.1) is 9.80 Å². The summed E-state index contributed by atoms with van der Waals surface area (Å²) in [6.07, 6.45) is 4.86. The maximum Gasteiger partial charge on any atom is 0.203 e. The number of rotatable bonds is 11. The highest BCUT2D eigenvalue weighted by Crippen LogP contribution is 2.22. The molecule has 0 aliphatic rings. The van der Waals surface area contributed by atoms with Crippen LogP contribution in [0.25, 0.3) is 0 Å². The van der Waals surface area contributed by atoms with Gasteiger partial charge in [-0.3, -0.25) is 4.90 Å². The molecule has 0 unspecified atom stereocenters. The molecule has 0 aliphatic heterocycles. The van der Waals surface area contributed by atoms with Crippen LogP contribution >= 0.6 is 0 Å². The Bertz CT molecular complexity index is 1180. The second-order valence-electron chi connectivity index (χ2n) is 8.21. The summed E-state index contributed by atoms with van der Waals surface area (Å²) in [6, 6.07) is 28.8. The van der Waals surface area contributed by atoms with Crippen LogP contribution in [0, 0.1) is 0 Å². The summed E-state index contributed by atoms with van der Waals surface area (Å²) in [5.74, 6) is 0. The summed E-state index contributed by atoms with van der Waals surface area (Å²) in [5, 5.41) is 0. The molecule has 3 aromatic carbocycles. The lowest BCUT2D eigenvalue weighted by Gasteiger charge is -2.31. The van der Waals surface area contributed by atoms with Crippen LogP contribution in [0.4, 0.5) is 0 Å². The highest BCUT2D eigenvalue weighted by Gasteiger charge is 2.24. The van der Waals surface area contributed by atoms with Crippen LogP contribution in [0.5, 0.6) is 0 Å². The normalized spacial score (nSPS) is 12.7. The fourth-order valence-corrected chi connectivity index (χ4v) is 4.82. The lowest BCUT2D eigenvalue weighted by molar-refractivity contribution is 0.241. The van der Waals surface area contributed by atoms with Crippen molar-refractivity contribution in [3.8, 4) is 0 Å². The van der Waals surface area contributed by atoms with E-state index in [1.165, 1.54) is 5.56 Å². The second-order valence-corrected chi connectivity index (χ2v) is 10.3. The van der Waals surface area contributed by atoms with Crippen LogP contribution in [0.2, 0.25) is 0 Å². The molecule has 170 valence electrons. The second kappa shape index (κ2) is 11.6. The third-order valence-electron chi connectivity index (χ3n) is 5.40. The van der Waals surface area contributed by atoms with Crippen LogP contribution in [0.1, 0.15) is 18.1 Å². The molecular formula is C29H31NO2S. The summed E-state index contributed by atoms with van der Waals surface area (Å²) in [6.45, 7) is 10.8. The minimum Gasteiger partial charge on any atom is -0.287 e. The first-order valence-corrected chi connectivity index (χ1v) is 12.5. The number of hydrogen-bond donors (Lipinski definition) is 0. The van der Waals surface area contributed by atoms with Crippen molar-refractivity contribution >= 4 is 9.84 Å². The molecule has 0 spiro atoms. The van der Waals surface area contributed by atoms with E-state index >= 15 is 0 Å². The molecule has 3 aromatic rings. The van der Waals surface area contributed by atoms with E-state index in [2.05, 4.69) is 48.4 Å². The van der Waals surface area contributed by atoms with Crippen LogP contribution in [0.3, 0.4) is 0 Å². The smallest absolute Gasteiger partial charge is 0.203 e. The van der Waals surface area contributed by atoms with E-state index in [9.17, 15) is 8.42 Å². The molecule has 4 heteroatoms. The Balaban J connectivity index is 1.95. The van der Waals surface area contributed by atoms with Crippen molar-refractivity contribution in [1.82, 2.24) is 4.90 Å². The van der Waals surface area contributed by atoms with Crippen LogP contribution in [-0.2, 0) is 22.8 Å². The van der Waals surface area contributed by atoms with Gasteiger partial charge in [-0.25, -0.2) is 8.42 Å². The van der Waals surface area contributed by atoms with E-state index < -0.39 is 9.84 Å². The first-order valence-electron chi connectivity index (χ1n) is 11.0. The highest BCUT2D eigenvalue weighted by molar-refractivity contribution is 7.95.